The Balaban J connectivity index is 1.81. The van der Waals surface area contributed by atoms with Gasteiger partial charge in [-0.05, 0) is 42.8 Å². The van der Waals surface area contributed by atoms with Gasteiger partial charge in [-0.2, -0.15) is 5.10 Å². The van der Waals surface area contributed by atoms with Crippen LogP contribution in [-0.4, -0.2) is 22.8 Å². The Labute approximate surface area is 151 Å². The summed E-state index contributed by atoms with van der Waals surface area (Å²) >= 11 is 0. The van der Waals surface area contributed by atoms with E-state index in [1.807, 2.05) is 49.4 Å². The lowest BCUT2D eigenvalue weighted by Gasteiger charge is -2.09. The van der Waals surface area contributed by atoms with E-state index in [2.05, 4.69) is 10.4 Å². The number of benzene rings is 2. The quantitative estimate of drug-likeness (QED) is 0.769. The Kier molecular flexibility index (Phi) is 5.12. The number of methoxy groups -OCH3 is 1. The molecule has 26 heavy (non-hydrogen) atoms. The van der Waals surface area contributed by atoms with Crippen LogP contribution in [0.2, 0.25) is 0 Å². The van der Waals surface area contributed by atoms with E-state index in [0.29, 0.717) is 17.1 Å². The molecule has 0 aliphatic heterocycles. The summed E-state index contributed by atoms with van der Waals surface area (Å²) in [7, 11) is 1.59. The van der Waals surface area contributed by atoms with Crippen LogP contribution < -0.4 is 15.6 Å². The third-order valence-corrected chi connectivity index (χ3v) is 3.83. The molecule has 0 aliphatic rings. The van der Waals surface area contributed by atoms with Gasteiger partial charge in [-0.1, -0.05) is 24.3 Å². The zero-order valence-corrected chi connectivity index (χ0v) is 14.6. The average Bonchev–Trinajstić information content (AvgIpc) is 2.63. The second-order valence-corrected chi connectivity index (χ2v) is 5.86. The molecule has 0 bridgehead atoms. The highest BCUT2D eigenvalue weighted by atomic mass is 16.5. The molecule has 3 aromatic rings. The van der Waals surface area contributed by atoms with Crippen molar-refractivity contribution in [2.45, 2.75) is 13.5 Å². The average molecular weight is 349 g/mol. The standard InChI is InChI=1S/C20H19N3O3/c1-14-5-3-7-16(11-14)21-19(24)13-23-20(25)10-9-18(22-23)15-6-4-8-17(12-15)26-2/h3-12H,13H2,1-2H3,(H,21,24). The lowest BCUT2D eigenvalue weighted by atomic mass is 10.1. The van der Waals surface area contributed by atoms with Crippen LogP contribution >= 0.6 is 0 Å². The number of anilines is 1. The number of carbonyl (C=O) groups excluding carboxylic acids is 1. The minimum absolute atomic E-state index is 0.162. The van der Waals surface area contributed by atoms with Crippen LogP contribution in [0, 0.1) is 6.92 Å². The maximum absolute atomic E-state index is 12.3. The summed E-state index contributed by atoms with van der Waals surface area (Å²) < 4.78 is 6.36. The number of ether oxygens (including phenoxy) is 1. The monoisotopic (exact) mass is 349 g/mol. The normalized spacial score (nSPS) is 10.4. The summed E-state index contributed by atoms with van der Waals surface area (Å²) in [5.41, 5.74) is 2.78. The van der Waals surface area contributed by atoms with Crippen molar-refractivity contribution in [2.24, 2.45) is 0 Å². The molecule has 0 unspecified atom stereocenters. The summed E-state index contributed by atoms with van der Waals surface area (Å²) in [5, 5.41) is 7.08. The molecule has 1 N–H and O–H groups in total. The zero-order chi connectivity index (χ0) is 18.5. The number of hydrogen-bond acceptors (Lipinski definition) is 4. The van der Waals surface area contributed by atoms with Gasteiger partial charge < -0.3 is 10.1 Å². The molecule has 132 valence electrons. The first-order valence-corrected chi connectivity index (χ1v) is 8.14. The fourth-order valence-corrected chi connectivity index (χ4v) is 2.56. The van der Waals surface area contributed by atoms with E-state index in [1.165, 1.54) is 6.07 Å². The lowest BCUT2D eigenvalue weighted by molar-refractivity contribution is -0.117. The van der Waals surface area contributed by atoms with Gasteiger partial charge in [0.25, 0.3) is 5.56 Å². The minimum atomic E-state index is -0.337. The topological polar surface area (TPSA) is 73.2 Å². The molecule has 0 saturated heterocycles. The molecular formula is C20H19N3O3. The van der Waals surface area contributed by atoms with Gasteiger partial charge in [0.1, 0.15) is 12.3 Å². The number of carbonyl (C=O) groups is 1. The van der Waals surface area contributed by atoms with Crippen LogP contribution in [0.15, 0.2) is 65.5 Å². The van der Waals surface area contributed by atoms with Crippen molar-refractivity contribution < 1.29 is 9.53 Å². The lowest BCUT2D eigenvalue weighted by Crippen LogP contribution is -2.29. The van der Waals surface area contributed by atoms with Crippen molar-refractivity contribution in [1.29, 1.82) is 0 Å². The van der Waals surface area contributed by atoms with Gasteiger partial charge in [0.2, 0.25) is 5.91 Å². The van der Waals surface area contributed by atoms with Gasteiger partial charge in [0.05, 0.1) is 12.8 Å². The van der Waals surface area contributed by atoms with Crippen molar-refractivity contribution in [1.82, 2.24) is 9.78 Å². The second kappa shape index (κ2) is 7.65. The van der Waals surface area contributed by atoms with Gasteiger partial charge in [-0.25, -0.2) is 4.68 Å². The van der Waals surface area contributed by atoms with Crippen LogP contribution in [0.25, 0.3) is 11.3 Å². The van der Waals surface area contributed by atoms with Gasteiger partial charge >= 0.3 is 0 Å². The maximum atomic E-state index is 12.3. The third-order valence-electron chi connectivity index (χ3n) is 3.83. The molecule has 1 aromatic heterocycles. The fourth-order valence-electron chi connectivity index (χ4n) is 2.56. The smallest absolute Gasteiger partial charge is 0.267 e. The molecule has 0 atom stereocenters. The summed E-state index contributed by atoms with van der Waals surface area (Å²) in [6.45, 7) is 1.78. The molecule has 6 heteroatoms. The van der Waals surface area contributed by atoms with Gasteiger partial charge in [0.15, 0.2) is 0 Å². The predicted molar refractivity (Wildman–Crippen MR) is 100 cm³/mol. The molecule has 0 radical (unpaired) electrons. The predicted octanol–water partition coefficient (Wildman–Crippen LogP) is 2.87. The van der Waals surface area contributed by atoms with E-state index in [-0.39, 0.29) is 18.0 Å². The van der Waals surface area contributed by atoms with Crippen LogP contribution in [0.5, 0.6) is 5.75 Å². The molecule has 1 heterocycles. The van der Waals surface area contributed by atoms with E-state index < -0.39 is 0 Å². The molecule has 0 fully saturated rings. The minimum Gasteiger partial charge on any atom is -0.497 e. The molecule has 0 saturated carbocycles. The summed E-state index contributed by atoms with van der Waals surface area (Å²) in [6.07, 6.45) is 0. The highest BCUT2D eigenvalue weighted by Gasteiger charge is 2.09. The Morgan fingerprint density at radius 3 is 2.69 bits per heavy atom. The number of hydrogen-bond donors (Lipinski definition) is 1. The first-order valence-electron chi connectivity index (χ1n) is 8.14. The van der Waals surface area contributed by atoms with Crippen LogP contribution in [0.4, 0.5) is 5.69 Å². The number of amides is 1. The van der Waals surface area contributed by atoms with Gasteiger partial charge in [-0.15, -0.1) is 0 Å². The van der Waals surface area contributed by atoms with E-state index in [1.54, 1.807) is 19.2 Å². The molecular weight excluding hydrogens is 330 g/mol. The number of rotatable bonds is 5. The largest absolute Gasteiger partial charge is 0.497 e. The van der Waals surface area contributed by atoms with Crippen LogP contribution in [0.3, 0.4) is 0 Å². The van der Waals surface area contributed by atoms with E-state index in [0.717, 1.165) is 15.8 Å². The fraction of sp³-hybridized carbons (Fsp3) is 0.150. The maximum Gasteiger partial charge on any atom is 0.267 e. The summed E-state index contributed by atoms with van der Waals surface area (Å²) in [5.74, 6) is 0.382. The Morgan fingerprint density at radius 2 is 1.92 bits per heavy atom. The van der Waals surface area contributed by atoms with Crippen molar-refractivity contribution in [3.05, 3.63) is 76.6 Å². The molecule has 0 aliphatic carbocycles. The summed E-state index contributed by atoms with van der Waals surface area (Å²) in [6, 6.07) is 17.9. The Hall–Kier alpha value is -3.41. The Morgan fingerprint density at radius 1 is 1.12 bits per heavy atom. The SMILES string of the molecule is COc1cccc(-c2ccc(=O)n(CC(=O)Nc3cccc(C)c3)n2)c1. The van der Waals surface area contributed by atoms with Gasteiger partial charge in [0, 0.05) is 17.3 Å². The number of nitrogens with one attached hydrogen (secondary N) is 1. The molecule has 0 spiro atoms. The van der Waals surface area contributed by atoms with E-state index >= 15 is 0 Å². The van der Waals surface area contributed by atoms with Crippen molar-refractivity contribution >= 4 is 11.6 Å². The number of aryl methyl sites for hydroxylation is 1. The van der Waals surface area contributed by atoms with E-state index in [4.69, 9.17) is 4.74 Å². The molecule has 1 amide bonds. The molecule has 6 nitrogen and oxygen atoms in total. The van der Waals surface area contributed by atoms with Crippen LogP contribution in [-0.2, 0) is 11.3 Å². The van der Waals surface area contributed by atoms with Crippen molar-refractivity contribution in [3.8, 4) is 17.0 Å². The number of nitrogens with zero attached hydrogens (tertiary/aromatic N) is 2. The third kappa shape index (κ3) is 4.16. The highest BCUT2D eigenvalue weighted by molar-refractivity contribution is 5.90. The second-order valence-electron chi connectivity index (χ2n) is 5.86. The number of aromatic nitrogens is 2. The summed E-state index contributed by atoms with van der Waals surface area (Å²) in [4.78, 5) is 24.3. The van der Waals surface area contributed by atoms with Crippen LogP contribution in [0.1, 0.15) is 5.56 Å². The highest BCUT2D eigenvalue weighted by Crippen LogP contribution is 2.21. The first kappa shape index (κ1) is 17.4. The zero-order valence-electron chi connectivity index (χ0n) is 14.6. The van der Waals surface area contributed by atoms with Crippen molar-refractivity contribution in [3.63, 3.8) is 0 Å². The van der Waals surface area contributed by atoms with Gasteiger partial charge in [-0.3, -0.25) is 9.59 Å². The first-order chi connectivity index (χ1) is 12.5. The van der Waals surface area contributed by atoms with Crippen molar-refractivity contribution in [2.75, 3.05) is 12.4 Å². The van der Waals surface area contributed by atoms with E-state index in [9.17, 15) is 9.59 Å². The molecule has 2 aromatic carbocycles. The Bertz CT molecular complexity index is 995. The molecule has 3 rings (SSSR count).